The first-order valence-electron chi connectivity index (χ1n) is 10.4. The maximum Gasteiger partial charge on any atom is 0.329 e. The molecule has 0 bridgehead atoms. The molecule has 2 aromatic carbocycles. The molecule has 0 atom stereocenters. The van der Waals surface area contributed by atoms with Crippen LogP contribution in [0, 0.1) is 0 Å². The Labute approximate surface area is 198 Å². The number of aromatic nitrogens is 3. The number of benzene rings is 2. The molecule has 0 aliphatic heterocycles. The van der Waals surface area contributed by atoms with Crippen LogP contribution in [0.25, 0.3) is 27.8 Å². The Hall–Kier alpha value is -3.98. The molecule has 34 heavy (non-hydrogen) atoms. The summed E-state index contributed by atoms with van der Waals surface area (Å²) in [5, 5.41) is 10.6. The fourth-order valence-corrected chi connectivity index (χ4v) is 4.01. The quantitative estimate of drug-likeness (QED) is 0.406. The maximum absolute atomic E-state index is 13.2. The maximum atomic E-state index is 13.2. The van der Waals surface area contributed by atoms with Crippen molar-refractivity contribution >= 4 is 28.6 Å². The summed E-state index contributed by atoms with van der Waals surface area (Å²) >= 11 is 6.42. The van der Waals surface area contributed by atoms with Crippen molar-refractivity contribution < 1.29 is 19.4 Å². The highest BCUT2D eigenvalue weighted by molar-refractivity contribution is 6.31. The highest BCUT2D eigenvalue weighted by Crippen LogP contribution is 2.37. The SMILES string of the molecule is COc1cccc(-c2ccc(-n3c(Cl)cc4[nH]c(=O)n(CC(=O)OC(C)C)c(=O)c43)cc2)c1O. The highest BCUT2D eigenvalue weighted by Gasteiger charge is 2.19. The van der Waals surface area contributed by atoms with E-state index in [2.05, 4.69) is 4.98 Å². The molecule has 4 rings (SSSR count). The van der Waals surface area contributed by atoms with E-state index in [4.69, 9.17) is 21.1 Å². The average Bonchev–Trinajstić information content (AvgIpc) is 3.12. The Morgan fingerprint density at radius 1 is 1.15 bits per heavy atom. The molecule has 9 nitrogen and oxygen atoms in total. The van der Waals surface area contributed by atoms with Gasteiger partial charge in [0.15, 0.2) is 11.5 Å². The number of rotatable bonds is 6. The molecule has 0 fully saturated rings. The number of fused-ring (bicyclic) bond motifs is 1. The molecule has 4 aromatic rings. The molecule has 0 amide bonds. The fraction of sp³-hybridized carbons (Fsp3) is 0.208. The number of aromatic hydroxyl groups is 1. The van der Waals surface area contributed by atoms with E-state index < -0.39 is 23.8 Å². The van der Waals surface area contributed by atoms with Crippen LogP contribution in [-0.2, 0) is 16.1 Å². The number of phenolic OH excluding ortho intramolecular Hbond substituents is 1. The summed E-state index contributed by atoms with van der Waals surface area (Å²) in [6.45, 7) is 2.82. The van der Waals surface area contributed by atoms with Crippen molar-refractivity contribution in [2.45, 2.75) is 26.5 Å². The zero-order valence-electron chi connectivity index (χ0n) is 18.7. The predicted molar refractivity (Wildman–Crippen MR) is 128 cm³/mol. The van der Waals surface area contributed by atoms with Crippen molar-refractivity contribution in [1.29, 1.82) is 0 Å². The van der Waals surface area contributed by atoms with E-state index >= 15 is 0 Å². The van der Waals surface area contributed by atoms with Gasteiger partial charge in [0, 0.05) is 11.3 Å². The normalized spacial score (nSPS) is 11.2. The smallest absolute Gasteiger partial charge is 0.329 e. The summed E-state index contributed by atoms with van der Waals surface area (Å²) in [5.41, 5.74) is 0.768. The van der Waals surface area contributed by atoms with Gasteiger partial charge in [-0.05, 0) is 43.7 Å². The van der Waals surface area contributed by atoms with E-state index in [-0.39, 0.29) is 28.0 Å². The molecule has 0 unspecified atom stereocenters. The Morgan fingerprint density at radius 2 is 1.85 bits per heavy atom. The molecule has 2 aromatic heterocycles. The number of ether oxygens (including phenoxy) is 2. The van der Waals surface area contributed by atoms with Gasteiger partial charge in [-0.2, -0.15) is 0 Å². The molecule has 0 spiro atoms. The number of para-hydroxylation sites is 1. The number of nitrogens with zero attached hydrogens (tertiary/aromatic N) is 2. The number of nitrogens with one attached hydrogen (secondary N) is 1. The van der Waals surface area contributed by atoms with Crippen molar-refractivity contribution in [2.75, 3.05) is 7.11 Å². The first-order valence-corrected chi connectivity index (χ1v) is 10.8. The first-order chi connectivity index (χ1) is 16.2. The van der Waals surface area contributed by atoms with Gasteiger partial charge in [0.2, 0.25) is 0 Å². The van der Waals surface area contributed by atoms with Gasteiger partial charge in [-0.25, -0.2) is 9.36 Å². The molecule has 0 aliphatic rings. The van der Waals surface area contributed by atoms with Crippen LogP contribution in [0.2, 0.25) is 5.15 Å². The van der Waals surface area contributed by atoms with Crippen molar-refractivity contribution in [3.05, 3.63) is 74.5 Å². The van der Waals surface area contributed by atoms with Crippen LogP contribution in [0.3, 0.4) is 0 Å². The third-order valence-corrected chi connectivity index (χ3v) is 5.48. The third-order valence-electron chi connectivity index (χ3n) is 5.20. The lowest BCUT2D eigenvalue weighted by molar-refractivity contribution is -0.148. The summed E-state index contributed by atoms with van der Waals surface area (Å²) in [7, 11) is 1.47. The summed E-state index contributed by atoms with van der Waals surface area (Å²) in [4.78, 5) is 40.3. The van der Waals surface area contributed by atoms with Crippen molar-refractivity contribution in [3.8, 4) is 28.3 Å². The molecule has 176 valence electrons. The van der Waals surface area contributed by atoms with Crippen LogP contribution in [0.1, 0.15) is 13.8 Å². The van der Waals surface area contributed by atoms with Gasteiger partial charge in [0.05, 0.1) is 18.7 Å². The molecule has 0 aliphatic carbocycles. The summed E-state index contributed by atoms with van der Waals surface area (Å²) < 4.78 is 12.5. The zero-order chi connectivity index (χ0) is 24.6. The van der Waals surface area contributed by atoms with E-state index in [9.17, 15) is 19.5 Å². The van der Waals surface area contributed by atoms with E-state index in [1.807, 2.05) is 0 Å². The third kappa shape index (κ3) is 4.17. The number of hydrogen-bond acceptors (Lipinski definition) is 6. The summed E-state index contributed by atoms with van der Waals surface area (Å²) in [6.07, 6.45) is -0.383. The number of phenols is 1. The number of H-pyrrole nitrogens is 1. The molecule has 0 radical (unpaired) electrons. The number of carbonyl (C=O) groups excluding carboxylic acids is 1. The molecular formula is C24H22ClN3O6. The summed E-state index contributed by atoms with van der Waals surface area (Å²) in [5.74, 6) is -0.342. The topological polar surface area (TPSA) is 116 Å². The van der Waals surface area contributed by atoms with Crippen LogP contribution in [-0.4, -0.2) is 38.4 Å². The molecule has 2 N–H and O–H groups in total. The van der Waals surface area contributed by atoms with Crippen LogP contribution >= 0.6 is 11.6 Å². The van der Waals surface area contributed by atoms with Crippen molar-refractivity contribution in [2.24, 2.45) is 0 Å². The second-order valence-corrected chi connectivity index (χ2v) is 8.22. The Bertz CT molecular complexity index is 1500. The number of hydrogen-bond donors (Lipinski definition) is 2. The number of halogens is 1. The minimum absolute atomic E-state index is 0.0101. The fourth-order valence-electron chi connectivity index (χ4n) is 3.72. The lowest BCUT2D eigenvalue weighted by atomic mass is 10.0. The van der Waals surface area contributed by atoms with Gasteiger partial charge in [0.1, 0.15) is 17.2 Å². The van der Waals surface area contributed by atoms with E-state index in [0.29, 0.717) is 17.0 Å². The molecular weight excluding hydrogens is 462 g/mol. The van der Waals surface area contributed by atoms with Crippen LogP contribution in [0.15, 0.2) is 58.1 Å². The standard InChI is InChI=1S/C24H22ClN3O6/c1-13(2)34-20(29)12-27-23(31)21-17(26-24(27)32)11-19(25)28(21)15-9-7-14(8-10-15)16-5-4-6-18(33-3)22(16)30/h4-11,13,30H,12H2,1-3H3,(H,26,32). The van der Waals surface area contributed by atoms with E-state index in [1.54, 1.807) is 56.3 Å². The molecule has 2 heterocycles. The number of aromatic amines is 1. The minimum atomic E-state index is -0.740. The van der Waals surface area contributed by atoms with Crippen LogP contribution < -0.4 is 16.0 Å². The number of methoxy groups -OCH3 is 1. The van der Waals surface area contributed by atoms with Crippen LogP contribution in [0.5, 0.6) is 11.5 Å². The largest absolute Gasteiger partial charge is 0.504 e. The lowest BCUT2D eigenvalue weighted by Crippen LogP contribution is -2.38. The van der Waals surface area contributed by atoms with E-state index in [1.165, 1.54) is 17.7 Å². The van der Waals surface area contributed by atoms with Crippen LogP contribution in [0.4, 0.5) is 0 Å². The number of esters is 1. The zero-order valence-corrected chi connectivity index (χ0v) is 19.4. The Morgan fingerprint density at radius 3 is 2.50 bits per heavy atom. The molecule has 0 saturated carbocycles. The molecule has 10 heteroatoms. The van der Waals surface area contributed by atoms with E-state index in [0.717, 1.165) is 10.1 Å². The van der Waals surface area contributed by atoms with Gasteiger partial charge in [0.25, 0.3) is 5.56 Å². The van der Waals surface area contributed by atoms with Gasteiger partial charge >= 0.3 is 11.7 Å². The monoisotopic (exact) mass is 483 g/mol. The van der Waals surface area contributed by atoms with Gasteiger partial charge in [-0.1, -0.05) is 35.9 Å². The van der Waals surface area contributed by atoms with Gasteiger partial charge < -0.3 is 19.6 Å². The predicted octanol–water partition coefficient (Wildman–Crippen LogP) is 3.47. The second-order valence-electron chi connectivity index (χ2n) is 7.83. The highest BCUT2D eigenvalue weighted by atomic mass is 35.5. The average molecular weight is 484 g/mol. The van der Waals surface area contributed by atoms with Gasteiger partial charge in [-0.3, -0.25) is 14.2 Å². The summed E-state index contributed by atoms with van der Waals surface area (Å²) in [6, 6.07) is 13.6. The first kappa shape index (κ1) is 23.2. The Balaban J connectivity index is 1.80. The van der Waals surface area contributed by atoms with Crippen molar-refractivity contribution in [3.63, 3.8) is 0 Å². The van der Waals surface area contributed by atoms with Gasteiger partial charge in [-0.15, -0.1) is 0 Å². The second kappa shape index (κ2) is 9.11. The lowest BCUT2D eigenvalue weighted by Gasteiger charge is -2.12. The molecule has 0 saturated heterocycles. The number of carbonyl (C=O) groups is 1. The minimum Gasteiger partial charge on any atom is -0.504 e. The Kier molecular flexibility index (Phi) is 6.21. The van der Waals surface area contributed by atoms with Crippen molar-refractivity contribution in [1.82, 2.24) is 14.1 Å².